The van der Waals surface area contributed by atoms with Crippen LogP contribution in [0, 0.1) is 16.0 Å². The molecule has 1 aliphatic rings. The monoisotopic (exact) mass is 257 g/mol. The maximum atomic E-state index is 11.0. The summed E-state index contributed by atoms with van der Waals surface area (Å²) in [6.07, 6.45) is 5.75. The van der Waals surface area contributed by atoms with Crippen molar-refractivity contribution in [3.8, 4) is 0 Å². The van der Waals surface area contributed by atoms with Crippen LogP contribution >= 0.6 is 0 Å². The van der Waals surface area contributed by atoms with E-state index in [0.717, 1.165) is 17.0 Å². The summed E-state index contributed by atoms with van der Waals surface area (Å²) >= 11 is 0. The van der Waals surface area contributed by atoms with Crippen LogP contribution in [0.1, 0.15) is 19.8 Å². The fraction of sp³-hybridized carbons (Fsp3) is 0.357. The molecule has 2 aromatic rings. The summed E-state index contributed by atoms with van der Waals surface area (Å²) in [7, 11) is 0. The molecule has 0 aliphatic heterocycles. The van der Waals surface area contributed by atoms with E-state index in [1.807, 2.05) is 6.07 Å². The Labute approximate surface area is 110 Å². The Hall–Kier alpha value is -2.17. The molecule has 1 saturated carbocycles. The molecule has 1 N–H and O–H groups in total. The maximum absolute atomic E-state index is 11.0. The quantitative estimate of drug-likeness (QED) is 0.673. The second kappa shape index (κ2) is 4.50. The zero-order valence-corrected chi connectivity index (χ0v) is 10.7. The highest BCUT2D eigenvalue weighted by Crippen LogP contribution is 2.36. The van der Waals surface area contributed by atoms with Crippen LogP contribution in [0.2, 0.25) is 0 Å². The third-order valence-electron chi connectivity index (χ3n) is 3.70. The molecule has 0 radical (unpaired) electrons. The zero-order valence-electron chi connectivity index (χ0n) is 10.7. The van der Waals surface area contributed by atoms with Gasteiger partial charge in [-0.1, -0.05) is 0 Å². The lowest BCUT2D eigenvalue weighted by atomic mass is 10.1. The molecular weight excluding hydrogens is 242 g/mol. The molecule has 98 valence electrons. The lowest BCUT2D eigenvalue weighted by Crippen LogP contribution is -2.17. The lowest BCUT2D eigenvalue weighted by Gasteiger charge is -2.16. The molecule has 1 heterocycles. The minimum Gasteiger partial charge on any atom is -0.382 e. The molecule has 1 aliphatic carbocycles. The number of benzene rings is 1. The largest absolute Gasteiger partial charge is 0.382 e. The average molecular weight is 257 g/mol. The first kappa shape index (κ1) is 11.9. The van der Waals surface area contributed by atoms with Crippen LogP contribution in [-0.4, -0.2) is 15.9 Å². The summed E-state index contributed by atoms with van der Waals surface area (Å²) in [4.78, 5) is 14.7. The third-order valence-corrected chi connectivity index (χ3v) is 3.70. The van der Waals surface area contributed by atoms with E-state index < -0.39 is 0 Å². The normalized spacial score (nSPS) is 16.3. The van der Waals surface area contributed by atoms with E-state index in [1.54, 1.807) is 24.5 Å². The maximum Gasteiger partial charge on any atom is 0.278 e. The van der Waals surface area contributed by atoms with Crippen LogP contribution in [0.4, 0.5) is 11.4 Å². The van der Waals surface area contributed by atoms with Crippen molar-refractivity contribution in [2.75, 3.05) is 5.32 Å². The number of non-ortho nitro benzene ring substituents is 1. The fourth-order valence-electron chi connectivity index (χ4n) is 2.42. The van der Waals surface area contributed by atoms with Gasteiger partial charge in [-0.25, -0.2) is 0 Å². The van der Waals surface area contributed by atoms with E-state index in [2.05, 4.69) is 17.2 Å². The first-order valence-electron chi connectivity index (χ1n) is 6.44. The number of aromatic nitrogens is 1. The Bertz CT molecular complexity index is 638. The van der Waals surface area contributed by atoms with Crippen molar-refractivity contribution in [1.82, 2.24) is 4.98 Å². The summed E-state index contributed by atoms with van der Waals surface area (Å²) in [6.45, 7) is 2.16. The second-order valence-corrected chi connectivity index (χ2v) is 5.08. The van der Waals surface area contributed by atoms with E-state index in [4.69, 9.17) is 0 Å². The summed E-state index contributed by atoms with van der Waals surface area (Å²) in [5.74, 6) is 0.729. The van der Waals surface area contributed by atoms with Gasteiger partial charge in [0.25, 0.3) is 5.69 Å². The zero-order chi connectivity index (χ0) is 13.4. The van der Waals surface area contributed by atoms with Crippen molar-refractivity contribution >= 4 is 22.1 Å². The molecule has 1 aromatic carbocycles. The van der Waals surface area contributed by atoms with Gasteiger partial charge in [-0.05, 0) is 37.8 Å². The van der Waals surface area contributed by atoms with Gasteiger partial charge in [-0.15, -0.1) is 0 Å². The van der Waals surface area contributed by atoms with Gasteiger partial charge < -0.3 is 5.32 Å². The minimum atomic E-state index is -0.363. The van der Waals surface area contributed by atoms with Gasteiger partial charge >= 0.3 is 0 Å². The Balaban J connectivity index is 2.05. The Morgan fingerprint density at radius 1 is 1.37 bits per heavy atom. The minimum absolute atomic E-state index is 0.104. The number of nitro groups is 1. The van der Waals surface area contributed by atoms with Gasteiger partial charge in [0.05, 0.1) is 10.3 Å². The highest BCUT2D eigenvalue weighted by Gasteiger charge is 2.28. The Morgan fingerprint density at radius 2 is 2.16 bits per heavy atom. The average Bonchev–Trinajstić information content (AvgIpc) is 3.23. The number of hydrogen-bond acceptors (Lipinski definition) is 4. The third kappa shape index (κ3) is 2.23. The highest BCUT2D eigenvalue weighted by atomic mass is 16.6. The molecule has 0 amide bonds. The summed E-state index contributed by atoms with van der Waals surface area (Å²) < 4.78 is 0. The Kier molecular flexibility index (Phi) is 2.81. The Morgan fingerprint density at radius 3 is 2.84 bits per heavy atom. The van der Waals surface area contributed by atoms with Gasteiger partial charge in [0.2, 0.25) is 0 Å². The SMILES string of the molecule is CC(Nc1ccc([N+](=O)[O-])c2cnccc12)C1CC1. The number of nitrogens with zero attached hydrogens (tertiary/aromatic N) is 2. The van der Waals surface area contributed by atoms with Crippen molar-refractivity contribution in [1.29, 1.82) is 0 Å². The van der Waals surface area contributed by atoms with Crippen LogP contribution in [0.5, 0.6) is 0 Å². The molecule has 1 aromatic heterocycles. The van der Waals surface area contributed by atoms with Crippen LogP contribution in [-0.2, 0) is 0 Å². The molecule has 3 rings (SSSR count). The lowest BCUT2D eigenvalue weighted by molar-refractivity contribution is -0.383. The highest BCUT2D eigenvalue weighted by molar-refractivity contribution is 5.99. The smallest absolute Gasteiger partial charge is 0.278 e. The van der Waals surface area contributed by atoms with Crippen molar-refractivity contribution < 1.29 is 4.92 Å². The van der Waals surface area contributed by atoms with Crippen LogP contribution in [0.15, 0.2) is 30.6 Å². The molecule has 1 atom stereocenters. The number of anilines is 1. The number of fused-ring (bicyclic) bond motifs is 1. The van der Waals surface area contributed by atoms with Crippen LogP contribution in [0.3, 0.4) is 0 Å². The molecule has 5 nitrogen and oxygen atoms in total. The fourth-order valence-corrected chi connectivity index (χ4v) is 2.42. The van der Waals surface area contributed by atoms with Crippen molar-refractivity contribution in [3.63, 3.8) is 0 Å². The molecule has 19 heavy (non-hydrogen) atoms. The van der Waals surface area contributed by atoms with Crippen molar-refractivity contribution in [2.24, 2.45) is 5.92 Å². The number of nitrogens with one attached hydrogen (secondary N) is 1. The molecule has 0 saturated heterocycles. The van der Waals surface area contributed by atoms with E-state index in [9.17, 15) is 10.1 Å². The topological polar surface area (TPSA) is 68.1 Å². The number of nitro benzene ring substituents is 1. The number of pyridine rings is 1. The molecule has 1 unspecified atom stereocenters. The van der Waals surface area contributed by atoms with Gasteiger partial charge in [0, 0.05) is 35.6 Å². The van der Waals surface area contributed by atoms with Crippen LogP contribution in [0.25, 0.3) is 10.8 Å². The van der Waals surface area contributed by atoms with Gasteiger partial charge in [-0.3, -0.25) is 15.1 Å². The molecule has 1 fully saturated rings. The predicted molar refractivity (Wildman–Crippen MR) is 74.2 cm³/mol. The number of rotatable bonds is 4. The summed E-state index contributed by atoms with van der Waals surface area (Å²) in [6, 6.07) is 5.56. The first-order valence-corrected chi connectivity index (χ1v) is 6.44. The summed E-state index contributed by atoms with van der Waals surface area (Å²) in [5.41, 5.74) is 1.05. The van der Waals surface area contributed by atoms with Crippen molar-refractivity contribution in [3.05, 3.63) is 40.7 Å². The molecule has 5 heteroatoms. The van der Waals surface area contributed by atoms with E-state index in [1.165, 1.54) is 12.8 Å². The van der Waals surface area contributed by atoms with Crippen molar-refractivity contribution in [2.45, 2.75) is 25.8 Å². The van der Waals surface area contributed by atoms with E-state index >= 15 is 0 Å². The van der Waals surface area contributed by atoms with Gasteiger partial charge in [-0.2, -0.15) is 0 Å². The van der Waals surface area contributed by atoms with Gasteiger partial charge in [0.1, 0.15) is 0 Å². The standard InChI is InChI=1S/C14H15N3O2/c1-9(10-2-3-10)16-13-4-5-14(17(18)19)12-8-15-7-6-11(12)13/h4-10,16H,2-3H2,1H3. The van der Waals surface area contributed by atoms with E-state index in [-0.39, 0.29) is 10.6 Å². The molecule has 0 spiro atoms. The predicted octanol–water partition coefficient (Wildman–Crippen LogP) is 3.35. The molecule has 0 bridgehead atoms. The summed E-state index contributed by atoms with van der Waals surface area (Å²) in [5, 5.41) is 15.9. The second-order valence-electron chi connectivity index (χ2n) is 5.08. The van der Waals surface area contributed by atoms with Crippen LogP contribution < -0.4 is 5.32 Å². The molecular formula is C14H15N3O2. The number of hydrogen-bond donors (Lipinski definition) is 1. The van der Waals surface area contributed by atoms with E-state index in [0.29, 0.717) is 11.4 Å². The first-order chi connectivity index (χ1) is 9.16. The van der Waals surface area contributed by atoms with Gasteiger partial charge in [0.15, 0.2) is 0 Å².